The van der Waals surface area contributed by atoms with Crippen LogP contribution >= 0.6 is 23.2 Å². The Balaban J connectivity index is 3.14. The molecule has 0 amide bonds. The molecule has 0 saturated heterocycles. The quantitative estimate of drug-likeness (QED) is 0.877. The molecule has 0 aliphatic heterocycles. The first-order chi connectivity index (χ1) is 7.13. The molecule has 0 aliphatic carbocycles. The molecule has 84 valence electrons. The van der Waals surface area contributed by atoms with Gasteiger partial charge in [-0.2, -0.15) is 0 Å². The molecule has 15 heavy (non-hydrogen) atoms. The summed E-state index contributed by atoms with van der Waals surface area (Å²) in [4.78, 5) is 0. The monoisotopic (exact) mass is 247 g/mol. The lowest BCUT2D eigenvalue weighted by Crippen LogP contribution is -2.15. The predicted octanol–water partition coefficient (Wildman–Crippen LogP) is 3.67. The highest BCUT2D eigenvalue weighted by Gasteiger charge is 2.14. The topological polar surface area (TPSA) is 21.3 Å². The molecule has 0 fully saturated rings. The van der Waals surface area contributed by atoms with Crippen LogP contribution in [-0.2, 0) is 0 Å². The minimum absolute atomic E-state index is 0.223. The van der Waals surface area contributed by atoms with Gasteiger partial charge in [0.15, 0.2) is 0 Å². The van der Waals surface area contributed by atoms with Crippen molar-refractivity contribution in [3.63, 3.8) is 0 Å². The van der Waals surface area contributed by atoms with E-state index in [1.54, 1.807) is 13.2 Å². The molecule has 2 nitrogen and oxygen atoms in total. The van der Waals surface area contributed by atoms with E-state index in [0.717, 1.165) is 12.0 Å². The summed E-state index contributed by atoms with van der Waals surface area (Å²) >= 11 is 12.2. The van der Waals surface area contributed by atoms with Crippen molar-refractivity contribution in [2.24, 2.45) is 0 Å². The minimum Gasteiger partial charge on any atom is -0.495 e. The van der Waals surface area contributed by atoms with Crippen LogP contribution in [0.3, 0.4) is 0 Å². The maximum atomic E-state index is 6.15. The van der Waals surface area contributed by atoms with Crippen molar-refractivity contribution in [3.8, 4) is 5.75 Å². The fraction of sp³-hybridized carbons (Fsp3) is 0.455. The number of benzene rings is 1. The third kappa shape index (κ3) is 2.77. The molecule has 0 bridgehead atoms. The van der Waals surface area contributed by atoms with Gasteiger partial charge in [-0.05, 0) is 25.1 Å². The molecular weight excluding hydrogens is 233 g/mol. The van der Waals surface area contributed by atoms with Gasteiger partial charge in [0.2, 0.25) is 0 Å². The SMILES string of the molecule is CCC(NC)c1cc(Cl)c(OC)cc1Cl. The van der Waals surface area contributed by atoms with Crippen molar-refractivity contribution < 1.29 is 4.74 Å². The molecule has 4 heteroatoms. The zero-order chi connectivity index (χ0) is 11.4. The molecule has 0 aromatic heterocycles. The number of rotatable bonds is 4. The second-order valence-corrected chi connectivity index (χ2v) is 4.07. The number of hydrogen-bond donors (Lipinski definition) is 1. The molecule has 1 N–H and O–H groups in total. The Kier molecular flexibility index (Phi) is 4.71. The second kappa shape index (κ2) is 5.59. The van der Waals surface area contributed by atoms with E-state index in [2.05, 4.69) is 12.2 Å². The first-order valence-corrected chi connectivity index (χ1v) is 5.59. The van der Waals surface area contributed by atoms with Crippen molar-refractivity contribution in [2.75, 3.05) is 14.2 Å². The fourth-order valence-corrected chi connectivity index (χ4v) is 2.08. The van der Waals surface area contributed by atoms with Crippen molar-refractivity contribution >= 4 is 23.2 Å². The smallest absolute Gasteiger partial charge is 0.138 e. The molecule has 0 radical (unpaired) electrons. The van der Waals surface area contributed by atoms with Crippen LogP contribution in [0.25, 0.3) is 0 Å². The molecular formula is C11H15Cl2NO. The van der Waals surface area contributed by atoms with Gasteiger partial charge in [-0.3, -0.25) is 0 Å². The summed E-state index contributed by atoms with van der Waals surface area (Å²) in [5, 5.41) is 4.46. The van der Waals surface area contributed by atoms with E-state index in [9.17, 15) is 0 Å². The van der Waals surface area contributed by atoms with Gasteiger partial charge in [0.05, 0.1) is 12.1 Å². The Labute approximate surface area is 101 Å². The molecule has 0 heterocycles. The van der Waals surface area contributed by atoms with E-state index >= 15 is 0 Å². The molecule has 0 saturated carbocycles. The lowest BCUT2D eigenvalue weighted by atomic mass is 10.0. The average Bonchev–Trinajstić information content (AvgIpc) is 2.24. The van der Waals surface area contributed by atoms with Crippen LogP contribution in [0.1, 0.15) is 24.9 Å². The van der Waals surface area contributed by atoms with Gasteiger partial charge in [-0.1, -0.05) is 30.1 Å². The number of nitrogens with one attached hydrogen (secondary N) is 1. The summed E-state index contributed by atoms with van der Waals surface area (Å²) < 4.78 is 5.09. The van der Waals surface area contributed by atoms with Crippen molar-refractivity contribution in [1.29, 1.82) is 0 Å². The summed E-state index contributed by atoms with van der Waals surface area (Å²) in [7, 11) is 3.48. The lowest BCUT2D eigenvalue weighted by molar-refractivity contribution is 0.414. The van der Waals surface area contributed by atoms with Crippen LogP contribution < -0.4 is 10.1 Å². The van der Waals surface area contributed by atoms with Crippen molar-refractivity contribution in [1.82, 2.24) is 5.32 Å². The lowest BCUT2D eigenvalue weighted by Gasteiger charge is -2.17. The summed E-state index contributed by atoms with van der Waals surface area (Å²) in [6, 6.07) is 3.83. The van der Waals surface area contributed by atoms with E-state index in [0.29, 0.717) is 15.8 Å². The Morgan fingerprint density at radius 2 is 2.00 bits per heavy atom. The van der Waals surface area contributed by atoms with Crippen molar-refractivity contribution in [3.05, 3.63) is 27.7 Å². The van der Waals surface area contributed by atoms with Crippen LogP contribution in [0.4, 0.5) is 0 Å². The van der Waals surface area contributed by atoms with Gasteiger partial charge in [0.25, 0.3) is 0 Å². The van der Waals surface area contributed by atoms with Gasteiger partial charge in [-0.15, -0.1) is 0 Å². The number of ether oxygens (including phenoxy) is 1. The van der Waals surface area contributed by atoms with Crippen LogP contribution in [0, 0.1) is 0 Å². The molecule has 1 aromatic rings. The number of hydrogen-bond acceptors (Lipinski definition) is 2. The van der Waals surface area contributed by atoms with Crippen LogP contribution in [0.2, 0.25) is 10.0 Å². The maximum Gasteiger partial charge on any atom is 0.138 e. The molecule has 1 atom stereocenters. The van der Waals surface area contributed by atoms with Gasteiger partial charge in [-0.25, -0.2) is 0 Å². The molecule has 0 aliphatic rings. The predicted molar refractivity (Wildman–Crippen MR) is 65.1 cm³/mol. The minimum atomic E-state index is 0.223. The highest BCUT2D eigenvalue weighted by Crippen LogP contribution is 2.34. The highest BCUT2D eigenvalue weighted by molar-refractivity contribution is 6.34. The Hall–Kier alpha value is -0.440. The third-order valence-electron chi connectivity index (χ3n) is 2.40. The summed E-state index contributed by atoms with van der Waals surface area (Å²) in [5.41, 5.74) is 1.01. The molecule has 1 unspecified atom stereocenters. The van der Waals surface area contributed by atoms with Gasteiger partial charge < -0.3 is 10.1 Å². The molecule has 0 spiro atoms. The fourth-order valence-electron chi connectivity index (χ4n) is 1.55. The van der Waals surface area contributed by atoms with E-state index < -0.39 is 0 Å². The first kappa shape index (κ1) is 12.6. The largest absolute Gasteiger partial charge is 0.495 e. The summed E-state index contributed by atoms with van der Waals surface area (Å²) in [5.74, 6) is 0.608. The number of halogens is 2. The van der Waals surface area contributed by atoms with Crippen LogP contribution in [-0.4, -0.2) is 14.2 Å². The van der Waals surface area contributed by atoms with E-state index in [4.69, 9.17) is 27.9 Å². The number of methoxy groups -OCH3 is 1. The van der Waals surface area contributed by atoms with Gasteiger partial charge in [0, 0.05) is 17.1 Å². The molecule has 1 aromatic carbocycles. The van der Waals surface area contributed by atoms with Crippen LogP contribution in [0.15, 0.2) is 12.1 Å². The Morgan fingerprint density at radius 3 is 2.47 bits per heavy atom. The first-order valence-electron chi connectivity index (χ1n) is 4.84. The second-order valence-electron chi connectivity index (χ2n) is 3.26. The zero-order valence-electron chi connectivity index (χ0n) is 9.10. The summed E-state index contributed by atoms with van der Waals surface area (Å²) in [6.45, 7) is 2.09. The highest BCUT2D eigenvalue weighted by atomic mass is 35.5. The average molecular weight is 248 g/mol. The Bertz CT molecular complexity index is 338. The Morgan fingerprint density at radius 1 is 1.33 bits per heavy atom. The van der Waals surface area contributed by atoms with Crippen LogP contribution in [0.5, 0.6) is 5.75 Å². The maximum absolute atomic E-state index is 6.15. The molecule has 1 rings (SSSR count). The van der Waals surface area contributed by atoms with Gasteiger partial charge >= 0.3 is 0 Å². The van der Waals surface area contributed by atoms with E-state index in [-0.39, 0.29) is 6.04 Å². The van der Waals surface area contributed by atoms with E-state index in [1.165, 1.54) is 0 Å². The summed E-state index contributed by atoms with van der Waals surface area (Å²) in [6.07, 6.45) is 0.957. The zero-order valence-corrected chi connectivity index (χ0v) is 10.6. The van der Waals surface area contributed by atoms with E-state index in [1.807, 2.05) is 13.1 Å². The van der Waals surface area contributed by atoms with Crippen molar-refractivity contribution in [2.45, 2.75) is 19.4 Å². The standard InChI is InChI=1S/C11H15Cl2NO/c1-4-10(14-2)7-5-9(13)11(15-3)6-8(7)12/h5-6,10,14H,4H2,1-3H3. The third-order valence-corrected chi connectivity index (χ3v) is 3.03. The van der Waals surface area contributed by atoms with Gasteiger partial charge in [0.1, 0.15) is 5.75 Å². The normalized spacial score (nSPS) is 12.6.